The third-order valence-electron chi connectivity index (χ3n) is 3.39. The first-order valence-electron chi connectivity index (χ1n) is 6.56. The first-order chi connectivity index (χ1) is 9.78. The summed E-state index contributed by atoms with van der Waals surface area (Å²) in [6.45, 7) is 1.44. The van der Waals surface area contributed by atoms with Gasteiger partial charge in [-0.3, -0.25) is 0 Å². The Hall–Kier alpha value is -2.08. The number of phenolic OH excluding ortho intramolecular Hbond substituents is 1. The summed E-state index contributed by atoms with van der Waals surface area (Å²) >= 11 is 0. The highest BCUT2D eigenvalue weighted by atomic mass is 16.5. The molecule has 0 saturated carbocycles. The van der Waals surface area contributed by atoms with Gasteiger partial charge in [-0.05, 0) is 31.0 Å². The number of rotatable bonds is 3. The number of phenols is 1. The number of aromatic nitrogens is 2. The molecule has 2 heterocycles. The van der Waals surface area contributed by atoms with E-state index in [1.807, 2.05) is 0 Å². The van der Waals surface area contributed by atoms with E-state index in [1.165, 1.54) is 7.11 Å². The highest BCUT2D eigenvalue weighted by molar-refractivity contribution is 5.59. The van der Waals surface area contributed by atoms with Gasteiger partial charge in [0.2, 0.25) is 0 Å². The summed E-state index contributed by atoms with van der Waals surface area (Å²) in [6, 6.07) is 4.93. The first kappa shape index (κ1) is 12.9. The fourth-order valence-electron chi connectivity index (χ4n) is 2.27. The van der Waals surface area contributed by atoms with Crippen molar-refractivity contribution in [3.05, 3.63) is 24.0 Å². The maximum Gasteiger partial charge on any atom is 0.258 e. The van der Waals surface area contributed by atoms with Crippen molar-refractivity contribution in [2.75, 3.05) is 20.3 Å². The molecule has 3 rings (SSSR count). The van der Waals surface area contributed by atoms with Crippen LogP contribution >= 0.6 is 0 Å². The Balaban J connectivity index is 1.85. The fraction of sp³-hybridized carbons (Fsp3) is 0.429. The number of nitrogens with zero attached hydrogens (tertiary/aromatic N) is 2. The molecule has 6 heteroatoms. The van der Waals surface area contributed by atoms with E-state index in [1.54, 1.807) is 18.2 Å². The third kappa shape index (κ3) is 2.46. The number of benzene rings is 1. The average molecular weight is 276 g/mol. The number of hydrogen-bond acceptors (Lipinski definition) is 6. The zero-order chi connectivity index (χ0) is 13.9. The topological polar surface area (TPSA) is 77.6 Å². The lowest BCUT2D eigenvalue weighted by molar-refractivity contribution is 0.0773. The van der Waals surface area contributed by atoms with Crippen molar-refractivity contribution in [2.24, 2.45) is 0 Å². The molecule has 20 heavy (non-hydrogen) atoms. The Morgan fingerprint density at radius 3 is 3.05 bits per heavy atom. The van der Waals surface area contributed by atoms with Crippen molar-refractivity contribution in [1.29, 1.82) is 0 Å². The normalized spacial score (nSPS) is 18.9. The van der Waals surface area contributed by atoms with Crippen LogP contribution in [0.15, 0.2) is 22.7 Å². The smallest absolute Gasteiger partial charge is 0.258 e. The molecule has 1 N–H and O–H groups in total. The molecule has 2 aromatic rings. The van der Waals surface area contributed by atoms with Crippen molar-refractivity contribution in [3.63, 3.8) is 0 Å². The summed E-state index contributed by atoms with van der Waals surface area (Å²) in [5, 5.41) is 13.6. The number of ether oxygens (including phenoxy) is 2. The molecule has 1 aliphatic heterocycles. The van der Waals surface area contributed by atoms with Gasteiger partial charge >= 0.3 is 0 Å². The van der Waals surface area contributed by atoms with Crippen molar-refractivity contribution in [3.8, 4) is 23.0 Å². The van der Waals surface area contributed by atoms with Crippen LogP contribution in [-0.2, 0) is 4.74 Å². The zero-order valence-electron chi connectivity index (χ0n) is 11.2. The monoisotopic (exact) mass is 276 g/mol. The predicted octanol–water partition coefficient (Wildman–Crippen LogP) is 2.34. The summed E-state index contributed by atoms with van der Waals surface area (Å²) in [6.07, 6.45) is 2.03. The van der Waals surface area contributed by atoms with Gasteiger partial charge < -0.3 is 19.1 Å². The molecule has 0 radical (unpaired) electrons. The maximum atomic E-state index is 9.58. The van der Waals surface area contributed by atoms with E-state index >= 15 is 0 Å². The van der Waals surface area contributed by atoms with Crippen LogP contribution in [0.1, 0.15) is 24.6 Å². The summed E-state index contributed by atoms with van der Waals surface area (Å²) in [5.41, 5.74) is 0.718. The van der Waals surface area contributed by atoms with E-state index in [0.717, 1.165) is 25.0 Å². The van der Waals surface area contributed by atoms with Crippen LogP contribution < -0.4 is 4.74 Å². The molecule has 6 nitrogen and oxygen atoms in total. The highest BCUT2D eigenvalue weighted by Gasteiger charge is 2.22. The van der Waals surface area contributed by atoms with Gasteiger partial charge in [-0.15, -0.1) is 0 Å². The van der Waals surface area contributed by atoms with E-state index in [9.17, 15) is 5.11 Å². The molecule has 0 bridgehead atoms. The first-order valence-corrected chi connectivity index (χ1v) is 6.56. The molecule has 1 aromatic heterocycles. The van der Waals surface area contributed by atoms with E-state index in [2.05, 4.69) is 10.1 Å². The molecule has 1 unspecified atom stereocenters. The molecule has 1 aromatic carbocycles. The second-order valence-corrected chi connectivity index (χ2v) is 4.76. The fourth-order valence-corrected chi connectivity index (χ4v) is 2.27. The Morgan fingerprint density at radius 1 is 1.40 bits per heavy atom. The van der Waals surface area contributed by atoms with Gasteiger partial charge in [0, 0.05) is 18.1 Å². The van der Waals surface area contributed by atoms with E-state index < -0.39 is 0 Å². The molecule has 0 spiro atoms. The average Bonchev–Trinajstić information content (AvgIpc) is 2.98. The maximum absolute atomic E-state index is 9.58. The van der Waals surface area contributed by atoms with Crippen LogP contribution in [0.2, 0.25) is 0 Å². The minimum absolute atomic E-state index is 0.0802. The molecule has 0 amide bonds. The van der Waals surface area contributed by atoms with Crippen molar-refractivity contribution in [2.45, 2.75) is 18.8 Å². The minimum Gasteiger partial charge on any atom is -0.504 e. The summed E-state index contributed by atoms with van der Waals surface area (Å²) in [7, 11) is 1.50. The van der Waals surface area contributed by atoms with Gasteiger partial charge in [0.25, 0.3) is 5.89 Å². The van der Waals surface area contributed by atoms with Crippen LogP contribution in [0, 0.1) is 0 Å². The van der Waals surface area contributed by atoms with Crippen LogP contribution in [0.5, 0.6) is 11.5 Å². The predicted molar refractivity (Wildman–Crippen MR) is 70.7 cm³/mol. The van der Waals surface area contributed by atoms with Crippen molar-refractivity contribution in [1.82, 2.24) is 10.1 Å². The number of hydrogen-bond donors (Lipinski definition) is 1. The lowest BCUT2D eigenvalue weighted by Gasteiger charge is -2.18. The molecule has 1 saturated heterocycles. The lowest BCUT2D eigenvalue weighted by atomic mass is 10.0. The molecule has 1 atom stereocenters. The Kier molecular flexibility index (Phi) is 3.56. The molecular weight excluding hydrogens is 260 g/mol. The molecule has 106 valence electrons. The van der Waals surface area contributed by atoms with Gasteiger partial charge in [0.15, 0.2) is 17.3 Å². The minimum atomic E-state index is 0.0802. The SMILES string of the molecule is COc1cc(-c2nc(C3CCCOC3)no2)ccc1O. The summed E-state index contributed by atoms with van der Waals surface area (Å²) in [5.74, 6) is 1.75. The second kappa shape index (κ2) is 5.50. The van der Waals surface area contributed by atoms with Crippen LogP contribution in [0.3, 0.4) is 0 Å². The third-order valence-corrected chi connectivity index (χ3v) is 3.39. The largest absolute Gasteiger partial charge is 0.504 e. The lowest BCUT2D eigenvalue weighted by Crippen LogP contribution is -2.16. The summed E-state index contributed by atoms with van der Waals surface area (Å²) in [4.78, 5) is 4.41. The Bertz CT molecular complexity index is 591. The molecule has 1 fully saturated rings. The van der Waals surface area contributed by atoms with Gasteiger partial charge in [-0.1, -0.05) is 5.16 Å². The van der Waals surface area contributed by atoms with Gasteiger partial charge in [-0.25, -0.2) is 0 Å². The molecule has 1 aliphatic rings. The van der Waals surface area contributed by atoms with E-state index in [-0.39, 0.29) is 11.7 Å². The second-order valence-electron chi connectivity index (χ2n) is 4.76. The Labute approximate surface area is 116 Å². The highest BCUT2D eigenvalue weighted by Crippen LogP contribution is 2.31. The van der Waals surface area contributed by atoms with Crippen LogP contribution in [-0.4, -0.2) is 35.6 Å². The standard InChI is InChI=1S/C14H16N2O4/c1-18-12-7-9(4-5-11(12)17)14-15-13(16-20-14)10-3-2-6-19-8-10/h4-5,7,10,17H,2-3,6,8H2,1H3. The van der Waals surface area contributed by atoms with Crippen molar-refractivity contribution >= 4 is 0 Å². The summed E-state index contributed by atoms with van der Waals surface area (Å²) < 4.78 is 15.8. The van der Waals surface area contributed by atoms with E-state index in [4.69, 9.17) is 14.0 Å². The van der Waals surface area contributed by atoms with Crippen molar-refractivity contribution < 1.29 is 19.1 Å². The molecular formula is C14H16N2O4. The van der Waals surface area contributed by atoms with E-state index in [0.29, 0.717) is 24.1 Å². The Morgan fingerprint density at radius 2 is 2.30 bits per heavy atom. The number of aromatic hydroxyl groups is 1. The van der Waals surface area contributed by atoms with Gasteiger partial charge in [0.1, 0.15) is 0 Å². The van der Waals surface area contributed by atoms with Crippen LogP contribution in [0.25, 0.3) is 11.5 Å². The van der Waals surface area contributed by atoms with Crippen LogP contribution in [0.4, 0.5) is 0 Å². The zero-order valence-corrected chi connectivity index (χ0v) is 11.2. The quantitative estimate of drug-likeness (QED) is 0.927. The molecule has 0 aliphatic carbocycles. The van der Waals surface area contributed by atoms with Gasteiger partial charge in [-0.2, -0.15) is 4.98 Å². The number of methoxy groups -OCH3 is 1. The van der Waals surface area contributed by atoms with Gasteiger partial charge in [0.05, 0.1) is 13.7 Å².